The molecule has 0 spiro atoms. The minimum atomic E-state index is -0.191. The van der Waals surface area contributed by atoms with Gasteiger partial charge in [-0.3, -0.25) is 9.59 Å². The van der Waals surface area contributed by atoms with E-state index >= 15 is 0 Å². The molecule has 2 amide bonds. The molecule has 1 saturated carbocycles. The van der Waals surface area contributed by atoms with E-state index in [-0.39, 0.29) is 11.8 Å². The zero-order valence-corrected chi connectivity index (χ0v) is 15.6. The molecule has 1 fully saturated rings. The molecule has 1 aliphatic carbocycles. The van der Waals surface area contributed by atoms with Crippen molar-refractivity contribution in [2.75, 3.05) is 18.5 Å². The van der Waals surface area contributed by atoms with Crippen LogP contribution < -0.4 is 15.4 Å². The van der Waals surface area contributed by atoms with Crippen LogP contribution in [0, 0.1) is 0 Å². The van der Waals surface area contributed by atoms with E-state index in [1.807, 2.05) is 18.4 Å². The minimum Gasteiger partial charge on any atom is -0.493 e. The Morgan fingerprint density at radius 3 is 2.88 bits per heavy atom. The number of hydrogen-bond donors (Lipinski definition) is 2. The second kappa shape index (κ2) is 8.80. The van der Waals surface area contributed by atoms with Crippen LogP contribution in [0.2, 0.25) is 0 Å². The van der Waals surface area contributed by atoms with Gasteiger partial charge in [-0.15, -0.1) is 11.3 Å². The van der Waals surface area contributed by atoms with Crippen molar-refractivity contribution >= 4 is 28.3 Å². The number of aromatic nitrogens is 1. The van der Waals surface area contributed by atoms with Gasteiger partial charge < -0.3 is 15.4 Å². The van der Waals surface area contributed by atoms with Crippen LogP contribution in [0.4, 0.5) is 5.13 Å². The molecular formula is C19H23N3O3S. The number of carbonyl (C=O) groups is 2. The number of benzene rings is 1. The first-order valence-corrected chi connectivity index (χ1v) is 9.80. The summed E-state index contributed by atoms with van der Waals surface area (Å²) < 4.78 is 5.46. The Balaban J connectivity index is 1.39. The maximum absolute atomic E-state index is 12.2. The summed E-state index contributed by atoms with van der Waals surface area (Å²) in [7, 11) is 0. The van der Waals surface area contributed by atoms with E-state index in [0.717, 1.165) is 5.69 Å². The molecular weight excluding hydrogens is 350 g/mol. The summed E-state index contributed by atoms with van der Waals surface area (Å²) in [5.41, 5.74) is 1.60. The molecule has 0 unspecified atom stereocenters. The number of thiazole rings is 1. The smallest absolute Gasteiger partial charge is 0.255 e. The van der Waals surface area contributed by atoms with Crippen LogP contribution in [0.5, 0.6) is 5.75 Å². The van der Waals surface area contributed by atoms with E-state index in [4.69, 9.17) is 4.74 Å². The Kier molecular flexibility index (Phi) is 6.22. The van der Waals surface area contributed by atoms with Gasteiger partial charge in [-0.2, -0.15) is 0 Å². The largest absolute Gasteiger partial charge is 0.493 e. The second-order valence-electron chi connectivity index (χ2n) is 6.19. The third kappa shape index (κ3) is 5.05. The molecule has 1 aromatic heterocycles. The van der Waals surface area contributed by atoms with Gasteiger partial charge in [0.25, 0.3) is 5.91 Å². The third-order valence-electron chi connectivity index (χ3n) is 4.06. The quantitative estimate of drug-likeness (QED) is 0.659. The number of anilines is 1. The van der Waals surface area contributed by atoms with E-state index in [9.17, 15) is 9.59 Å². The van der Waals surface area contributed by atoms with Gasteiger partial charge in [0.15, 0.2) is 5.13 Å². The number of rotatable bonds is 9. The average molecular weight is 373 g/mol. The molecule has 1 aromatic carbocycles. The fourth-order valence-electron chi connectivity index (χ4n) is 2.57. The molecule has 0 radical (unpaired) electrons. The highest BCUT2D eigenvalue weighted by atomic mass is 32.1. The summed E-state index contributed by atoms with van der Waals surface area (Å²) in [6, 6.07) is 7.14. The summed E-state index contributed by atoms with van der Waals surface area (Å²) in [6.07, 6.45) is 3.30. The molecule has 0 bridgehead atoms. The van der Waals surface area contributed by atoms with E-state index in [1.54, 1.807) is 18.2 Å². The molecule has 6 nitrogen and oxygen atoms in total. The molecule has 138 valence electrons. The predicted octanol–water partition coefficient (Wildman–Crippen LogP) is 3.57. The first-order valence-electron chi connectivity index (χ1n) is 8.92. The lowest BCUT2D eigenvalue weighted by atomic mass is 10.2. The van der Waals surface area contributed by atoms with Crippen LogP contribution in [0.3, 0.4) is 0 Å². The highest BCUT2D eigenvalue weighted by molar-refractivity contribution is 7.13. The zero-order valence-electron chi connectivity index (χ0n) is 14.8. The maximum Gasteiger partial charge on any atom is 0.255 e. The monoisotopic (exact) mass is 373 g/mol. The van der Waals surface area contributed by atoms with Crippen molar-refractivity contribution in [3.05, 3.63) is 40.9 Å². The number of para-hydroxylation sites is 1. The van der Waals surface area contributed by atoms with Crippen molar-refractivity contribution in [1.82, 2.24) is 10.3 Å². The van der Waals surface area contributed by atoms with Gasteiger partial charge in [0.1, 0.15) is 5.75 Å². The van der Waals surface area contributed by atoms with Crippen LogP contribution in [-0.4, -0.2) is 29.9 Å². The van der Waals surface area contributed by atoms with Crippen LogP contribution >= 0.6 is 11.3 Å². The van der Waals surface area contributed by atoms with E-state index in [0.29, 0.717) is 48.4 Å². The molecule has 0 atom stereocenters. The van der Waals surface area contributed by atoms with Crippen molar-refractivity contribution < 1.29 is 14.3 Å². The van der Waals surface area contributed by atoms with Crippen molar-refractivity contribution in [1.29, 1.82) is 0 Å². The van der Waals surface area contributed by atoms with E-state index in [2.05, 4.69) is 15.6 Å². The average Bonchev–Trinajstić information content (AvgIpc) is 3.39. The minimum absolute atomic E-state index is 0.0781. The number of nitrogens with zero attached hydrogens (tertiary/aromatic N) is 1. The Labute approximate surface area is 157 Å². The Morgan fingerprint density at radius 1 is 1.31 bits per heavy atom. The van der Waals surface area contributed by atoms with Gasteiger partial charge in [-0.1, -0.05) is 12.1 Å². The molecule has 2 aromatic rings. The first-order chi connectivity index (χ1) is 12.7. The van der Waals surface area contributed by atoms with E-state index in [1.165, 1.54) is 24.2 Å². The fourth-order valence-corrected chi connectivity index (χ4v) is 3.38. The normalized spacial score (nSPS) is 13.3. The summed E-state index contributed by atoms with van der Waals surface area (Å²) >= 11 is 1.47. The summed E-state index contributed by atoms with van der Waals surface area (Å²) in [5.74, 6) is 0.890. The molecule has 0 saturated heterocycles. The summed E-state index contributed by atoms with van der Waals surface area (Å²) in [4.78, 5) is 28.7. The van der Waals surface area contributed by atoms with Crippen molar-refractivity contribution in [2.45, 2.75) is 38.5 Å². The van der Waals surface area contributed by atoms with Crippen LogP contribution in [-0.2, 0) is 4.79 Å². The lowest BCUT2D eigenvalue weighted by Gasteiger charge is -2.10. The van der Waals surface area contributed by atoms with Crippen LogP contribution in [0.1, 0.15) is 54.6 Å². The summed E-state index contributed by atoms with van der Waals surface area (Å²) in [5, 5.41) is 8.33. The van der Waals surface area contributed by atoms with Crippen LogP contribution in [0.15, 0.2) is 29.6 Å². The number of nitrogens with one attached hydrogen (secondary N) is 2. The lowest BCUT2D eigenvalue weighted by molar-refractivity contribution is -0.116. The predicted molar refractivity (Wildman–Crippen MR) is 102 cm³/mol. The first kappa shape index (κ1) is 18.4. The fraction of sp³-hybridized carbons (Fsp3) is 0.421. The van der Waals surface area contributed by atoms with E-state index < -0.39 is 0 Å². The Morgan fingerprint density at radius 2 is 2.12 bits per heavy atom. The molecule has 0 aliphatic heterocycles. The molecule has 1 heterocycles. The van der Waals surface area contributed by atoms with Crippen molar-refractivity contribution in [2.24, 2.45) is 0 Å². The zero-order chi connectivity index (χ0) is 18.4. The number of amides is 2. The lowest BCUT2D eigenvalue weighted by Crippen LogP contribution is -2.26. The molecule has 3 rings (SSSR count). The Bertz CT molecular complexity index is 771. The molecule has 1 aliphatic rings. The highest BCUT2D eigenvalue weighted by Gasteiger charge is 2.26. The summed E-state index contributed by atoms with van der Waals surface area (Å²) in [6.45, 7) is 2.81. The van der Waals surface area contributed by atoms with Crippen molar-refractivity contribution in [3.8, 4) is 5.75 Å². The van der Waals surface area contributed by atoms with Crippen LogP contribution in [0.25, 0.3) is 0 Å². The molecule has 2 N–H and O–H groups in total. The molecule has 26 heavy (non-hydrogen) atoms. The number of hydrogen-bond acceptors (Lipinski definition) is 5. The molecule has 7 heteroatoms. The Hall–Kier alpha value is -2.41. The second-order valence-corrected chi connectivity index (χ2v) is 7.05. The SMILES string of the molecule is CCOc1ccccc1C(=O)NCCCC(=O)Nc1nc(C2CC2)cs1. The standard InChI is InChI=1S/C19H23N3O3S/c1-2-25-16-7-4-3-6-14(16)18(24)20-11-5-8-17(23)22-19-21-15(12-26-19)13-9-10-13/h3-4,6-7,12-13H,2,5,8-11H2,1H3,(H,20,24)(H,21,22,23). The van der Waals surface area contributed by atoms with Gasteiger partial charge in [-0.25, -0.2) is 4.98 Å². The van der Waals surface area contributed by atoms with Gasteiger partial charge in [0, 0.05) is 24.3 Å². The third-order valence-corrected chi connectivity index (χ3v) is 4.84. The van der Waals surface area contributed by atoms with Gasteiger partial charge in [0.2, 0.25) is 5.91 Å². The van der Waals surface area contributed by atoms with Crippen molar-refractivity contribution in [3.63, 3.8) is 0 Å². The van der Waals surface area contributed by atoms with Gasteiger partial charge >= 0.3 is 0 Å². The number of ether oxygens (including phenoxy) is 1. The van der Waals surface area contributed by atoms with Gasteiger partial charge in [0.05, 0.1) is 17.9 Å². The number of carbonyl (C=O) groups excluding carboxylic acids is 2. The maximum atomic E-state index is 12.2. The van der Waals surface area contributed by atoms with Gasteiger partial charge in [-0.05, 0) is 38.3 Å². The highest BCUT2D eigenvalue weighted by Crippen LogP contribution is 2.40. The topological polar surface area (TPSA) is 80.3 Å².